The van der Waals surface area contributed by atoms with Crippen molar-refractivity contribution in [1.29, 1.82) is 0 Å². The third-order valence-corrected chi connectivity index (χ3v) is 3.71. The average Bonchev–Trinajstić information content (AvgIpc) is 3.00. The maximum Gasteiger partial charge on any atom is 0.236 e. The van der Waals surface area contributed by atoms with Crippen LogP contribution in [-0.4, -0.2) is 33.7 Å². The van der Waals surface area contributed by atoms with Crippen LogP contribution in [0.25, 0.3) is 5.78 Å². The first-order chi connectivity index (χ1) is 8.33. The van der Waals surface area contributed by atoms with Crippen molar-refractivity contribution in [2.75, 3.05) is 13.2 Å². The van der Waals surface area contributed by atoms with Gasteiger partial charge in [0.15, 0.2) is 0 Å². The van der Waals surface area contributed by atoms with Gasteiger partial charge in [0.1, 0.15) is 0 Å². The zero-order valence-electron chi connectivity index (χ0n) is 9.37. The molecule has 0 N–H and O–H groups in total. The van der Waals surface area contributed by atoms with Gasteiger partial charge in [-0.2, -0.15) is 4.98 Å². The van der Waals surface area contributed by atoms with Crippen LogP contribution in [0.2, 0.25) is 0 Å². The Morgan fingerprint density at radius 2 is 2.41 bits per heavy atom. The lowest BCUT2D eigenvalue weighted by molar-refractivity contribution is 0.0805. The Morgan fingerprint density at radius 1 is 1.47 bits per heavy atom. The lowest BCUT2D eigenvalue weighted by Crippen LogP contribution is -2.38. The molecule has 0 atom stereocenters. The number of hydrogen-bond acceptors (Lipinski definition) is 4. The Labute approximate surface area is 98.4 Å². The summed E-state index contributed by atoms with van der Waals surface area (Å²) in [6, 6.07) is 1.87. The number of fused-ring (bicyclic) bond motifs is 2. The molecule has 0 aromatic carbocycles. The van der Waals surface area contributed by atoms with Gasteiger partial charge in [-0.1, -0.05) is 0 Å². The molecule has 1 saturated carbocycles. The molecule has 5 nitrogen and oxygen atoms in total. The smallest absolute Gasteiger partial charge is 0.236 e. The van der Waals surface area contributed by atoms with Gasteiger partial charge in [0.2, 0.25) is 11.7 Å². The molecule has 2 saturated heterocycles. The lowest BCUT2D eigenvalue weighted by atomic mass is 9.71. The van der Waals surface area contributed by atoms with Crippen molar-refractivity contribution < 1.29 is 9.47 Å². The third-order valence-electron chi connectivity index (χ3n) is 3.71. The molecule has 0 unspecified atom stereocenters. The van der Waals surface area contributed by atoms with Gasteiger partial charge in [-0.05, 0) is 12.8 Å². The molecule has 3 aliphatic rings. The van der Waals surface area contributed by atoms with Crippen LogP contribution in [0.3, 0.4) is 0 Å². The molecule has 17 heavy (non-hydrogen) atoms. The van der Waals surface area contributed by atoms with E-state index in [9.17, 15) is 0 Å². The van der Waals surface area contributed by atoms with Crippen LogP contribution in [0.5, 0.6) is 5.88 Å². The molecule has 4 heterocycles. The fraction of sp³-hybridized carbons (Fsp3) is 0.500. The van der Waals surface area contributed by atoms with Crippen LogP contribution in [0.4, 0.5) is 0 Å². The molecule has 2 aromatic heterocycles. The second-order valence-electron chi connectivity index (χ2n) is 5.03. The van der Waals surface area contributed by atoms with Gasteiger partial charge in [-0.15, -0.1) is 0 Å². The molecule has 0 amide bonds. The van der Waals surface area contributed by atoms with Crippen molar-refractivity contribution in [3.8, 4) is 5.88 Å². The molecule has 0 radical (unpaired) electrons. The van der Waals surface area contributed by atoms with Crippen molar-refractivity contribution in [2.45, 2.75) is 18.9 Å². The van der Waals surface area contributed by atoms with Crippen LogP contribution in [0.1, 0.15) is 12.8 Å². The molecule has 3 fully saturated rings. The highest BCUT2D eigenvalue weighted by molar-refractivity contribution is 5.30. The summed E-state index contributed by atoms with van der Waals surface area (Å²) in [5, 5.41) is 0. The number of nitrogens with zero attached hydrogens (tertiary/aromatic N) is 3. The van der Waals surface area contributed by atoms with E-state index in [1.165, 1.54) is 0 Å². The van der Waals surface area contributed by atoms with Gasteiger partial charge in [-0.3, -0.25) is 4.40 Å². The Kier molecular flexibility index (Phi) is 1.77. The summed E-state index contributed by atoms with van der Waals surface area (Å²) in [6.07, 6.45) is 8.27. The Morgan fingerprint density at radius 3 is 3.24 bits per heavy atom. The Balaban J connectivity index is 1.51. The first-order valence-electron chi connectivity index (χ1n) is 5.87. The quantitative estimate of drug-likeness (QED) is 0.798. The van der Waals surface area contributed by atoms with Crippen molar-refractivity contribution in [3.05, 3.63) is 24.7 Å². The van der Waals surface area contributed by atoms with E-state index in [1.807, 2.05) is 22.9 Å². The average molecular weight is 231 g/mol. The lowest BCUT2D eigenvalue weighted by Gasteiger charge is -2.34. The fourth-order valence-electron chi connectivity index (χ4n) is 2.69. The van der Waals surface area contributed by atoms with Crippen molar-refractivity contribution >= 4 is 5.78 Å². The van der Waals surface area contributed by atoms with E-state index in [1.54, 1.807) is 6.20 Å². The number of imidazole rings is 1. The first kappa shape index (κ1) is 9.41. The minimum atomic E-state index is 0.258. The highest BCUT2D eigenvalue weighted by Gasteiger charge is 2.52. The van der Waals surface area contributed by atoms with Crippen LogP contribution in [0.15, 0.2) is 24.7 Å². The highest BCUT2D eigenvalue weighted by atomic mass is 16.5. The van der Waals surface area contributed by atoms with Crippen molar-refractivity contribution in [3.63, 3.8) is 0 Å². The highest BCUT2D eigenvalue weighted by Crippen LogP contribution is 2.49. The van der Waals surface area contributed by atoms with E-state index in [-0.39, 0.29) is 5.41 Å². The first-order valence-corrected chi connectivity index (χ1v) is 5.87. The molecule has 1 aliphatic carbocycles. The standard InChI is InChI=1S/C12H13N3O2/c1-3-15-4-2-13-11(15)14-10(1)17-8-12-5-9(6-12)16-7-12/h1-4,9H,5-8H2. The SMILES string of the molecule is c1cn2ccc(OCC34COC(C3)C4)nc2n1. The summed E-state index contributed by atoms with van der Waals surface area (Å²) in [4.78, 5) is 8.47. The minimum absolute atomic E-state index is 0.258. The molecule has 2 aromatic rings. The van der Waals surface area contributed by atoms with Crippen LogP contribution >= 0.6 is 0 Å². The third kappa shape index (κ3) is 1.42. The normalized spacial score (nSPS) is 30.5. The second kappa shape index (κ2) is 3.20. The van der Waals surface area contributed by atoms with Crippen molar-refractivity contribution in [2.24, 2.45) is 5.41 Å². The largest absolute Gasteiger partial charge is 0.477 e. The maximum atomic E-state index is 5.76. The summed E-state index contributed by atoms with van der Waals surface area (Å²) < 4.78 is 13.2. The minimum Gasteiger partial charge on any atom is -0.477 e. The second-order valence-corrected chi connectivity index (χ2v) is 5.03. The molecular formula is C12H13N3O2. The van der Waals surface area contributed by atoms with Gasteiger partial charge in [0, 0.05) is 30.1 Å². The number of rotatable bonds is 3. The molecule has 2 aliphatic heterocycles. The fourth-order valence-corrected chi connectivity index (χ4v) is 2.69. The summed E-state index contributed by atoms with van der Waals surface area (Å²) in [5.74, 6) is 1.32. The molecule has 2 bridgehead atoms. The number of ether oxygens (including phenoxy) is 2. The zero-order chi connectivity index (χ0) is 11.3. The Hall–Kier alpha value is -1.62. The van der Waals surface area contributed by atoms with Gasteiger partial charge < -0.3 is 9.47 Å². The van der Waals surface area contributed by atoms with E-state index in [0.29, 0.717) is 24.4 Å². The van der Waals surface area contributed by atoms with E-state index < -0.39 is 0 Å². The Bertz CT molecular complexity index is 554. The van der Waals surface area contributed by atoms with E-state index in [0.717, 1.165) is 19.4 Å². The summed E-state index contributed by atoms with van der Waals surface area (Å²) in [7, 11) is 0. The summed E-state index contributed by atoms with van der Waals surface area (Å²) in [5.41, 5.74) is 0.258. The van der Waals surface area contributed by atoms with Gasteiger partial charge in [-0.25, -0.2) is 4.98 Å². The molecule has 0 spiro atoms. The van der Waals surface area contributed by atoms with Gasteiger partial charge in [0.25, 0.3) is 0 Å². The monoisotopic (exact) mass is 231 g/mol. The van der Waals surface area contributed by atoms with Gasteiger partial charge >= 0.3 is 0 Å². The molecule has 88 valence electrons. The molecule has 5 rings (SSSR count). The topological polar surface area (TPSA) is 48.7 Å². The maximum absolute atomic E-state index is 5.76. The van der Waals surface area contributed by atoms with Gasteiger partial charge in [0.05, 0.1) is 19.3 Å². The summed E-state index contributed by atoms with van der Waals surface area (Å²) >= 11 is 0. The summed E-state index contributed by atoms with van der Waals surface area (Å²) in [6.45, 7) is 1.54. The zero-order valence-corrected chi connectivity index (χ0v) is 9.37. The van der Waals surface area contributed by atoms with E-state index in [4.69, 9.17) is 9.47 Å². The molecule has 5 heteroatoms. The van der Waals surface area contributed by atoms with E-state index in [2.05, 4.69) is 9.97 Å². The van der Waals surface area contributed by atoms with Crippen LogP contribution in [-0.2, 0) is 4.74 Å². The van der Waals surface area contributed by atoms with E-state index >= 15 is 0 Å². The van der Waals surface area contributed by atoms with Crippen LogP contribution < -0.4 is 4.74 Å². The molecular weight excluding hydrogens is 218 g/mol. The van der Waals surface area contributed by atoms with Crippen molar-refractivity contribution in [1.82, 2.24) is 14.4 Å². The predicted octanol–water partition coefficient (Wildman–Crippen LogP) is 1.29. The predicted molar refractivity (Wildman–Crippen MR) is 59.9 cm³/mol. The number of hydrogen-bond donors (Lipinski definition) is 0. The number of aromatic nitrogens is 3. The van der Waals surface area contributed by atoms with Crippen LogP contribution in [0, 0.1) is 5.41 Å².